The molecule has 1 saturated heterocycles. The number of piperidine rings is 1. The number of amides is 1. The third kappa shape index (κ3) is 3.05. The molecule has 31 heavy (non-hydrogen) atoms. The van der Waals surface area contributed by atoms with Crippen LogP contribution in [-0.2, 0) is 26.2 Å². The second-order valence-electron chi connectivity index (χ2n) is 10.1. The number of nitrogens with zero attached hydrogens (tertiary/aromatic N) is 2. The van der Waals surface area contributed by atoms with E-state index in [-0.39, 0.29) is 35.7 Å². The van der Waals surface area contributed by atoms with Crippen LogP contribution in [0.4, 0.5) is 10.5 Å². The number of rotatable bonds is 4. The number of benzene rings is 1. The van der Waals surface area contributed by atoms with Gasteiger partial charge in [0.2, 0.25) is 10.0 Å². The van der Waals surface area contributed by atoms with E-state index in [0.717, 1.165) is 17.7 Å². The van der Waals surface area contributed by atoms with Gasteiger partial charge in [-0.1, -0.05) is 32.0 Å². The highest BCUT2D eigenvalue weighted by Crippen LogP contribution is 2.64. The summed E-state index contributed by atoms with van der Waals surface area (Å²) in [5.74, 6) is 0.340. The molecule has 0 radical (unpaired) electrons. The Kier molecular flexibility index (Phi) is 4.75. The number of Topliss-reactive ketones (excluding diaryl/α,β-unsaturated/α-hetero) is 1. The van der Waals surface area contributed by atoms with E-state index in [1.807, 2.05) is 24.3 Å². The van der Waals surface area contributed by atoms with Gasteiger partial charge in [0.05, 0.1) is 11.4 Å². The van der Waals surface area contributed by atoms with Crippen molar-refractivity contribution in [2.45, 2.75) is 58.6 Å². The lowest BCUT2D eigenvalue weighted by Crippen LogP contribution is -2.52. The lowest BCUT2D eigenvalue weighted by atomic mass is 9.70. The van der Waals surface area contributed by atoms with Crippen molar-refractivity contribution in [1.29, 1.82) is 0 Å². The number of carbonyl (C=O) groups is 2. The summed E-state index contributed by atoms with van der Waals surface area (Å²) in [5, 5.41) is 0. The zero-order valence-corrected chi connectivity index (χ0v) is 19.0. The first-order valence-corrected chi connectivity index (χ1v) is 12.8. The molecule has 2 bridgehead atoms. The Bertz CT molecular complexity index is 1030. The van der Waals surface area contributed by atoms with Crippen molar-refractivity contribution in [1.82, 2.24) is 4.31 Å². The smallest absolute Gasteiger partial charge is 0.414 e. The molecule has 0 N–H and O–H groups in total. The third-order valence-electron chi connectivity index (χ3n) is 8.55. The molecule has 8 heteroatoms. The minimum atomic E-state index is -3.56. The number of ketones is 1. The normalized spacial score (nSPS) is 31.0. The summed E-state index contributed by atoms with van der Waals surface area (Å²) in [5.41, 5.74) is 0.808. The number of cyclic esters (lactones) is 1. The number of sulfonamides is 1. The predicted molar refractivity (Wildman–Crippen MR) is 116 cm³/mol. The standard InChI is InChI=1S/C23H30N2O5S/c1-22(2)17-7-10-23(22,20(26)13-17)15-31(28,29)24-11-8-18(9-12-24)25-19-6-4-3-5-16(19)14-30-21(25)27/h3-6,17-18H,7-15H2,1-2H3. The highest BCUT2D eigenvalue weighted by atomic mass is 32.2. The van der Waals surface area contributed by atoms with Gasteiger partial charge in [-0.3, -0.25) is 9.69 Å². The van der Waals surface area contributed by atoms with Crippen LogP contribution in [0, 0.1) is 16.7 Å². The molecule has 2 unspecified atom stereocenters. The molecular formula is C23H30N2O5S. The van der Waals surface area contributed by atoms with Crippen molar-refractivity contribution in [3.05, 3.63) is 29.8 Å². The van der Waals surface area contributed by atoms with Gasteiger partial charge < -0.3 is 4.74 Å². The van der Waals surface area contributed by atoms with Crippen LogP contribution in [-0.4, -0.2) is 49.5 Å². The van der Waals surface area contributed by atoms with Crippen LogP contribution in [0.1, 0.15) is 51.5 Å². The number of hydrogen-bond acceptors (Lipinski definition) is 5. The quantitative estimate of drug-likeness (QED) is 0.708. The first-order chi connectivity index (χ1) is 14.7. The summed E-state index contributed by atoms with van der Waals surface area (Å²) in [6, 6.07) is 7.59. The average molecular weight is 447 g/mol. The summed E-state index contributed by atoms with van der Waals surface area (Å²) >= 11 is 0. The van der Waals surface area contributed by atoms with Gasteiger partial charge in [0.25, 0.3) is 0 Å². The first kappa shape index (κ1) is 20.9. The third-order valence-corrected chi connectivity index (χ3v) is 10.6. The molecule has 2 heterocycles. The van der Waals surface area contributed by atoms with Gasteiger partial charge in [0.1, 0.15) is 12.4 Å². The van der Waals surface area contributed by atoms with E-state index in [0.29, 0.717) is 44.7 Å². The second-order valence-corrected chi connectivity index (χ2v) is 12.1. The fraction of sp³-hybridized carbons (Fsp3) is 0.652. The molecule has 7 nitrogen and oxygen atoms in total. The molecule has 2 aliphatic carbocycles. The van der Waals surface area contributed by atoms with Gasteiger partial charge in [0, 0.05) is 36.5 Å². The maximum Gasteiger partial charge on any atom is 0.414 e. The zero-order chi connectivity index (χ0) is 22.0. The largest absolute Gasteiger partial charge is 0.444 e. The van der Waals surface area contributed by atoms with Crippen molar-refractivity contribution in [2.75, 3.05) is 23.7 Å². The Morgan fingerprint density at radius 2 is 1.81 bits per heavy atom. The fourth-order valence-electron chi connectivity index (χ4n) is 6.41. The van der Waals surface area contributed by atoms with Crippen LogP contribution in [0.15, 0.2) is 24.3 Å². The van der Waals surface area contributed by atoms with Gasteiger partial charge in [-0.05, 0) is 43.1 Å². The van der Waals surface area contributed by atoms with Crippen molar-refractivity contribution in [2.24, 2.45) is 16.7 Å². The van der Waals surface area contributed by atoms with Crippen LogP contribution in [0.2, 0.25) is 0 Å². The number of hydrogen-bond donors (Lipinski definition) is 0. The molecule has 0 aromatic heterocycles. The zero-order valence-electron chi connectivity index (χ0n) is 18.2. The van der Waals surface area contributed by atoms with Crippen LogP contribution in [0.3, 0.4) is 0 Å². The van der Waals surface area contributed by atoms with Gasteiger partial charge in [-0.25, -0.2) is 17.5 Å². The van der Waals surface area contributed by atoms with E-state index < -0.39 is 15.4 Å². The average Bonchev–Trinajstić information content (AvgIpc) is 3.08. The molecule has 1 aromatic rings. The molecule has 4 aliphatic rings. The lowest BCUT2D eigenvalue weighted by molar-refractivity contribution is -0.128. The molecule has 2 atom stereocenters. The van der Waals surface area contributed by atoms with Gasteiger partial charge in [0.15, 0.2) is 0 Å². The molecule has 168 valence electrons. The van der Waals surface area contributed by atoms with Crippen molar-refractivity contribution < 1.29 is 22.7 Å². The Morgan fingerprint density at radius 3 is 2.45 bits per heavy atom. The first-order valence-electron chi connectivity index (χ1n) is 11.2. The highest BCUT2D eigenvalue weighted by molar-refractivity contribution is 7.89. The van der Waals surface area contributed by atoms with E-state index in [4.69, 9.17) is 4.74 Å². The van der Waals surface area contributed by atoms with Gasteiger partial charge in [-0.15, -0.1) is 0 Å². The summed E-state index contributed by atoms with van der Waals surface area (Å²) < 4.78 is 33.6. The molecule has 3 fully saturated rings. The lowest BCUT2D eigenvalue weighted by Gasteiger charge is -2.41. The molecule has 2 aliphatic heterocycles. The summed E-state index contributed by atoms with van der Waals surface area (Å²) in [6.07, 6.45) is 2.86. The summed E-state index contributed by atoms with van der Waals surface area (Å²) in [4.78, 5) is 27.0. The number of anilines is 1. The SMILES string of the molecule is CC1(C)C2CCC1(CS(=O)(=O)N1CCC(N3C(=O)OCc4ccccc43)CC1)C(=O)C2. The Hall–Kier alpha value is -1.93. The minimum absolute atomic E-state index is 0.0818. The van der Waals surface area contributed by atoms with Gasteiger partial charge in [-0.2, -0.15) is 0 Å². The van der Waals surface area contributed by atoms with E-state index >= 15 is 0 Å². The predicted octanol–water partition coefficient (Wildman–Crippen LogP) is 3.33. The molecule has 2 saturated carbocycles. The molecule has 5 rings (SSSR count). The minimum Gasteiger partial charge on any atom is -0.444 e. The summed E-state index contributed by atoms with van der Waals surface area (Å²) in [7, 11) is -3.56. The number of ether oxygens (including phenoxy) is 1. The highest BCUT2D eigenvalue weighted by Gasteiger charge is 2.65. The van der Waals surface area contributed by atoms with E-state index in [1.165, 1.54) is 4.31 Å². The van der Waals surface area contributed by atoms with E-state index in [2.05, 4.69) is 13.8 Å². The second kappa shape index (κ2) is 7.04. The van der Waals surface area contributed by atoms with Crippen molar-refractivity contribution in [3.63, 3.8) is 0 Å². The van der Waals surface area contributed by atoms with Crippen molar-refractivity contribution in [3.8, 4) is 0 Å². The van der Waals surface area contributed by atoms with Gasteiger partial charge >= 0.3 is 6.09 Å². The number of fused-ring (bicyclic) bond motifs is 3. The number of carbonyl (C=O) groups excluding carboxylic acids is 2. The molecule has 1 amide bonds. The molecule has 0 spiro atoms. The fourth-order valence-corrected chi connectivity index (χ4v) is 8.66. The summed E-state index contributed by atoms with van der Waals surface area (Å²) in [6.45, 7) is 5.11. The van der Waals surface area contributed by atoms with E-state index in [9.17, 15) is 18.0 Å². The Morgan fingerprint density at radius 1 is 1.10 bits per heavy atom. The maximum absolute atomic E-state index is 13.4. The Balaban J connectivity index is 1.31. The number of para-hydroxylation sites is 1. The topological polar surface area (TPSA) is 84.0 Å². The van der Waals surface area contributed by atoms with Crippen LogP contribution < -0.4 is 4.90 Å². The van der Waals surface area contributed by atoms with Crippen LogP contribution in [0.25, 0.3) is 0 Å². The van der Waals surface area contributed by atoms with Crippen LogP contribution in [0.5, 0.6) is 0 Å². The Labute approximate surface area is 183 Å². The molecular weight excluding hydrogens is 416 g/mol. The van der Waals surface area contributed by atoms with E-state index in [1.54, 1.807) is 4.90 Å². The molecule has 1 aromatic carbocycles. The van der Waals surface area contributed by atoms with Crippen LogP contribution >= 0.6 is 0 Å². The maximum atomic E-state index is 13.4. The monoisotopic (exact) mass is 446 g/mol. The van der Waals surface area contributed by atoms with Crippen molar-refractivity contribution >= 4 is 27.6 Å².